The van der Waals surface area contributed by atoms with E-state index in [1.807, 2.05) is 50.2 Å². The van der Waals surface area contributed by atoms with Crippen LogP contribution in [0.5, 0.6) is 0 Å². The van der Waals surface area contributed by atoms with Crippen molar-refractivity contribution in [3.8, 4) is 0 Å². The molecule has 0 radical (unpaired) electrons. The summed E-state index contributed by atoms with van der Waals surface area (Å²) in [4.78, 5) is 14.7. The van der Waals surface area contributed by atoms with Crippen LogP contribution in [0.3, 0.4) is 0 Å². The van der Waals surface area contributed by atoms with Gasteiger partial charge in [0.15, 0.2) is 9.84 Å². The molecule has 0 N–H and O–H groups in total. The van der Waals surface area contributed by atoms with Crippen LogP contribution in [0.2, 0.25) is 0 Å². The van der Waals surface area contributed by atoms with Crippen LogP contribution in [0, 0.1) is 13.8 Å². The number of hydrogen-bond acceptors (Lipinski definition) is 3. The summed E-state index contributed by atoms with van der Waals surface area (Å²) in [6, 6.07) is 12.3. The molecule has 0 spiro atoms. The van der Waals surface area contributed by atoms with Gasteiger partial charge in [0.25, 0.3) is 5.91 Å². The summed E-state index contributed by atoms with van der Waals surface area (Å²) in [7, 11) is -3.27. The Morgan fingerprint density at radius 1 is 1.08 bits per heavy atom. The van der Waals surface area contributed by atoms with Gasteiger partial charge in [-0.05, 0) is 67.4 Å². The van der Waals surface area contributed by atoms with Gasteiger partial charge < -0.3 is 4.90 Å². The maximum absolute atomic E-state index is 13.2. The van der Waals surface area contributed by atoms with Gasteiger partial charge in [-0.25, -0.2) is 8.42 Å². The highest BCUT2D eigenvalue weighted by molar-refractivity contribution is 9.10. The van der Waals surface area contributed by atoms with Crippen molar-refractivity contribution in [3.63, 3.8) is 0 Å². The number of nitrogens with zero attached hydrogens (tertiary/aromatic N) is 1. The molecule has 1 heterocycles. The van der Waals surface area contributed by atoms with Crippen LogP contribution in [0.1, 0.15) is 21.5 Å². The number of halogens is 1. The van der Waals surface area contributed by atoms with E-state index in [2.05, 4.69) is 15.9 Å². The number of anilines is 1. The zero-order valence-corrected chi connectivity index (χ0v) is 16.3. The van der Waals surface area contributed by atoms with Crippen LogP contribution in [0.4, 0.5) is 5.69 Å². The van der Waals surface area contributed by atoms with E-state index in [4.69, 9.17) is 0 Å². The zero-order valence-electron chi connectivity index (χ0n) is 13.9. The Bertz CT molecular complexity index is 949. The Hall–Kier alpha value is -1.92. The standard InChI is InChI=1S/C19H18BrNO3S/c1-13-3-4-15(11-14(13)2)19(22)21(17-7-5-16(20)6-8-17)18-9-10-25(23,24)12-18/h3-11,18H,12H2,1-2H3. The minimum atomic E-state index is -3.27. The maximum atomic E-state index is 13.2. The molecular weight excluding hydrogens is 402 g/mol. The van der Waals surface area contributed by atoms with E-state index in [1.54, 1.807) is 17.0 Å². The van der Waals surface area contributed by atoms with Crippen LogP contribution in [-0.2, 0) is 9.84 Å². The van der Waals surface area contributed by atoms with Gasteiger partial charge in [-0.2, -0.15) is 0 Å². The molecule has 6 heteroatoms. The lowest BCUT2D eigenvalue weighted by atomic mass is 10.0. The fraction of sp³-hybridized carbons (Fsp3) is 0.211. The summed E-state index contributed by atoms with van der Waals surface area (Å²) in [5, 5.41) is 1.19. The van der Waals surface area contributed by atoms with Crippen molar-refractivity contribution >= 4 is 37.4 Å². The molecule has 2 aromatic carbocycles. The molecule has 0 aliphatic carbocycles. The lowest BCUT2D eigenvalue weighted by molar-refractivity contribution is 0.0983. The number of amides is 1. The second-order valence-electron chi connectivity index (χ2n) is 6.18. The summed E-state index contributed by atoms with van der Waals surface area (Å²) in [6.45, 7) is 3.94. The van der Waals surface area contributed by atoms with Gasteiger partial charge in [-0.3, -0.25) is 4.79 Å². The molecule has 0 saturated carbocycles. The van der Waals surface area contributed by atoms with Crippen LogP contribution in [0.25, 0.3) is 0 Å². The predicted octanol–water partition coefficient (Wildman–Crippen LogP) is 4.02. The molecule has 1 atom stereocenters. The van der Waals surface area contributed by atoms with E-state index in [1.165, 1.54) is 5.41 Å². The van der Waals surface area contributed by atoms with Crippen molar-refractivity contribution in [3.05, 3.63) is 75.1 Å². The molecule has 0 fully saturated rings. The lowest BCUT2D eigenvalue weighted by Gasteiger charge is -2.28. The first kappa shape index (κ1) is 17.9. The molecule has 2 aromatic rings. The normalized spacial score (nSPS) is 18.3. The molecule has 0 bridgehead atoms. The van der Waals surface area contributed by atoms with Crippen molar-refractivity contribution < 1.29 is 13.2 Å². The topological polar surface area (TPSA) is 54.5 Å². The third-order valence-corrected chi connectivity index (χ3v) is 6.23. The fourth-order valence-corrected chi connectivity index (χ4v) is 4.33. The number of carbonyl (C=O) groups excluding carboxylic acids is 1. The second kappa shape index (κ2) is 6.77. The summed E-state index contributed by atoms with van der Waals surface area (Å²) in [5.41, 5.74) is 3.34. The molecule has 3 rings (SSSR count). The van der Waals surface area contributed by atoms with Crippen LogP contribution >= 0.6 is 15.9 Å². The van der Waals surface area contributed by atoms with Crippen LogP contribution < -0.4 is 4.90 Å². The molecule has 4 nitrogen and oxygen atoms in total. The lowest BCUT2D eigenvalue weighted by Crippen LogP contribution is -2.41. The zero-order chi connectivity index (χ0) is 18.2. The van der Waals surface area contributed by atoms with E-state index < -0.39 is 15.9 Å². The van der Waals surface area contributed by atoms with E-state index in [0.29, 0.717) is 11.3 Å². The molecule has 130 valence electrons. The van der Waals surface area contributed by atoms with Crippen molar-refractivity contribution in [1.82, 2.24) is 0 Å². The number of rotatable bonds is 3. The number of hydrogen-bond donors (Lipinski definition) is 0. The molecule has 1 unspecified atom stereocenters. The van der Waals surface area contributed by atoms with Crippen molar-refractivity contribution in [2.24, 2.45) is 0 Å². The van der Waals surface area contributed by atoms with Crippen molar-refractivity contribution in [1.29, 1.82) is 0 Å². The molecular formula is C19H18BrNO3S. The molecule has 1 amide bonds. The van der Waals surface area contributed by atoms with E-state index in [0.717, 1.165) is 15.6 Å². The molecule has 1 aliphatic heterocycles. The van der Waals surface area contributed by atoms with Crippen molar-refractivity contribution in [2.45, 2.75) is 19.9 Å². The third kappa shape index (κ3) is 3.85. The van der Waals surface area contributed by atoms with Gasteiger partial charge in [0, 0.05) is 21.1 Å². The van der Waals surface area contributed by atoms with E-state index in [-0.39, 0.29) is 11.7 Å². The van der Waals surface area contributed by atoms with Gasteiger partial charge in [0.05, 0.1) is 11.8 Å². The average molecular weight is 420 g/mol. The Kier molecular flexibility index (Phi) is 4.84. The smallest absolute Gasteiger partial charge is 0.258 e. The number of sulfone groups is 1. The third-order valence-electron chi connectivity index (χ3n) is 4.32. The van der Waals surface area contributed by atoms with Gasteiger partial charge in [0.2, 0.25) is 0 Å². The summed E-state index contributed by atoms with van der Waals surface area (Å²) in [5.74, 6) is -0.309. The highest BCUT2D eigenvalue weighted by Gasteiger charge is 2.32. The number of benzene rings is 2. The fourth-order valence-electron chi connectivity index (χ4n) is 2.79. The highest BCUT2D eigenvalue weighted by atomic mass is 79.9. The number of carbonyl (C=O) groups is 1. The molecule has 1 aliphatic rings. The first-order valence-electron chi connectivity index (χ1n) is 7.84. The van der Waals surface area contributed by atoms with E-state index >= 15 is 0 Å². The molecule has 0 saturated heterocycles. The maximum Gasteiger partial charge on any atom is 0.258 e. The first-order chi connectivity index (χ1) is 11.8. The molecule has 0 aromatic heterocycles. The Balaban J connectivity index is 2.04. The van der Waals surface area contributed by atoms with Crippen LogP contribution in [-0.4, -0.2) is 26.1 Å². The second-order valence-corrected chi connectivity index (χ2v) is 9.02. The SMILES string of the molecule is Cc1ccc(C(=O)N(c2ccc(Br)cc2)C2C=CS(=O)(=O)C2)cc1C. The van der Waals surface area contributed by atoms with Gasteiger partial charge in [0.1, 0.15) is 0 Å². The average Bonchev–Trinajstić information content (AvgIpc) is 2.91. The Labute approximate surface area is 156 Å². The summed E-state index contributed by atoms with van der Waals surface area (Å²) < 4.78 is 24.6. The van der Waals surface area contributed by atoms with Gasteiger partial charge >= 0.3 is 0 Å². The quantitative estimate of drug-likeness (QED) is 0.754. The van der Waals surface area contributed by atoms with Gasteiger partial charge in [-0.1, -0.05) is 22.0 Å². The number of aryl methyl sites for hydroxylation is 2. The summed E-state index contributed by atoms with van der Waals surface area (Å²) in [6.07, 6.45) is 1.58. The monoisotopic (exact) mass is 419 g/mol. The largest absolute Gasteiger partial charge is 0.300 e. The minimum absolute atomic E-state index is 0.0976. The van der Waals surface area contributed by atoms with Crippen molar-refractivity contribution in [2.75, 3.05) is 10.7 Å². The Morgan fingerprint density at radius 3 is 2.32 bits per heavy atom. The Morgan fingerprint density at radius 2 is 1.76 bits per heavy atom. The highest BCUT2D eigenvalue weighted by Crippen LogP contribution is 2.27. The first-order valence-corrected chi connectivity index (χ1v) is 10.3. The predicted molar refractivity (Wildman–Crippen MR) is 104 cm³/mol. The molecule has 25 heavy (non-hydrogen) atoms. The van der Waals surface area contributed by atoms with E-state index in [9.17, 15) is 13.2 Å². The minimum Gasteiger partial charge on any atom is -0.300 e. The summed E-state index contributed by atoms with van der Waals surface area (Å²) >= 11 is 3.38. The van der Waals surface area contributed by atoms with Gasteiger partial charge in [-0.15, -0.1) is 0 Å². The van der Waals surface area contributed by atoms with Crippen LogP contribution in [0.15, 0.2) is 58.4 Å².